The van der Waals surface area contributed by atoms with Gasteiger partial charge in [0.05, 0.1) is 24.3 Å². The zero-order valence-electron chi connectivity index (χ0n) is 13.4. The molecule has 6 nitrogen and oxygen atoms in total. The minimum absolute atomic E-state index is 0.0593. The molecule has 1 aliphatic carbocycles. The number of aromatic nitrogens is 1. The molecule has 1 aliphatic rings. The Morgan fingerprint density at radius 3 is 2.79 bits per heavy atom. The number of carboxylic acids is 1. The molecule has 2 aromatic rings. The van der Waals surface area contributed by atoms with Crippen LogP contribution < -0.4 is 0 Å². The molecule has 0 atom stereocenters. The van der Waals surface area contributed by atoms with E-state index in [0.717, 1.165) is 4.88 Å². The van der Waals surface area contributed by atoms with Crippen LogP contribution in [0.15, 0.2) is 11.4 Å². The summed E-state index contributed by atoms with van der Waals surface area (Å²) in [6, 6.07) is 1.77. The van der Waals surface area contributed by atoms with E-state index in [9.17, 15) is 19.5 Å². The molecule has 0 fully saturated rings. The Balaban J connectivity index is 2.16. The maximum Gasteiger partial charge on any atom is 0.337 e. The van der Waals surface area contributed by atoms with Gasteiger partial charge in [-0.25, -0.2) is 4.79 Å². The molecule has 0 unspecified atom stereocenters. The molecular formula is C17H17NO5S. The number of carboxylic acid groups (broad SMARTS) is 1. The first-order chi connectivity index (χ1) is 11.5. The number of thiophene rings is 1. The van der Waals surface area contributed by atoms with Crippen molar-refractivity contribution in [3.05, 3.63) is 44.4 Å². The molecule has 0 radical (unpaired) electrons. The van der Waals surface area contributed by atoms with Crippen molar-refractivity contribution in [2.45, 2.75) is 26.2 Å². The van der Waals surface area contributed by atoms with Gasteiger partial charge in [0, 0.05) is 23.2 Å². The van der Waals surface area contributed by atoms with Crippen LogP contribution in [0.3, 0.4) is 0 Å². The predicted molar refractivity (Wildman–Crippen MR) is 87.9 cm³/mol. The zero-order chi connectivity index (χ0) is 17.4. The number of nitrogens with zero attached hydrogens (tertiary/aromatic N) is 1. The maximum atomic E-state index is 12.9. The Kier molecular flexibility index (Phi) is 4.28. The maximum absolute atomic E-state index is 12.9. The van der Waals surface area contributed by atoms with Gasteiger partial charge in [-0.3, -0.25) is 9.59 Å². The van der Waals surface area contributed by atoms with E-state index < -0.39 is 11.9 Å². The Morgan fingerprint density at radius 2 is 2.12 bits per heavy atom. The molecule has 0 aliphatic heterocycles. The van der Waals surface area contributed by atoms with Crippen LogP contribution in [-0.4, -0.2) is 34.0 Å². The molecule has 0 saturated heterocycles. The van der Waals surface area contributed by atoms with E-state index >= 15 is 0 Å². The molecule has 0 spiro atoms. The fourth-order valence-electron chi connectivity index (χ4n) is 3.24. The van der Waals surface area contributed by atoms with Crippen LogP contribution in [-0.2, 0) is 35.8 Å². The fraction of sp³-hybridized carbons (Fsp3) is 0.353. The van der Waals surface area contributed by atoms with E-state index in [0.29, 0.717) is 35.4 Å². The normalized spacial score (nSPS) is 13.2. The second-order valence-electron chi connectivity index (χ2n) is 5.58. The summed E-state index contributed by atoms with van der Waals surface area (Å²) in [6.45, 7) is 1.92. The van der Waals surface area contributed by atoms with Crippen molar-refractivity contribution < 1.29 is 24.2 Å². The fourth-order valence-corrected chi connectivity index (χ4v) is 4.12. The largest absolute Gasteiger partial charge is 0.478 e. The summed E-state index contributed by atoms with van der Waals surface area (Å²) >= 11 is 1.51. The van der Waals surface area contributed by atoms with Crippen molar-refractivity contribution in [2.24, 2.45) is 7.05 Å². The van der Waals surface area contributed by atoms with Crippen molar-refractivity contribution in [1.29, 1.82) is 0 Å². The average molecular weight is 347 g/mol. The lowest BCUT2D eigenvalue weighted by molar-refractivity contribution is -0.142. The average Bonchev–Trinajstić information content (AvgIpc) is 3.05. The second-order valence-corrected chi connectivity index (χ2v) is 6.58. The second kappa shape index (κ2) is 6.24. The molecule has 3 rings (SSSR count). The first kappa shape index (κ1) is 16.4. The van der Waals surface area contributed by atoms with Crippen LogP contribution in [0, 0.1) is 0 Å². The van der Waals surface area contributed by atoms with Gasteiger partial charge in [-0.15, -0.1) is 11.3 Å². The molecule has 0 bridgehead atoms. The summed E-state index contributed by atoms with van der Waals surface area (Å²) in [5, 5.41) is 11.5. The van der Waals surface area contributed by atoms with Gasteiger partial charge in [-0.05, 0) is 36.8 Å². The molecule has 0 saturated carbocycles. The predicted octanol–water partition coefficient (Wildman–Crippen LogP) is 2.22. The van der Waals surface area contributed by atoms with Gasteiger partial charge in [0.1, 0.15) is 0 Å². The number of hydrogen-bond donors (Lipinski definition) is 1. The lowest BCUT2D eigenvalue weighted by Crippen LogP contribution is -2.15. The van der Waals surface area contributed by atoms with E-state index in [1.54, 1.807) is 24.6 Å². The summed E-state index contributed by atoms with van der Waals surface area (Å²) in [5.74, 6) is -1.80. The molecule has 126 valence electrons. The van der Waals surface area contributed by atoms with Crippen LogP contribution in [0.4, 0.5) is 0 Å². The number of carbonyl (C=O) groups excluding carboxylic acids is 2. The number of ketones is 1. The molecule has 1 N–H and O–H groups in total. The van der Waals surface area contributed by atoms with Crippen LogP contribution >= 0.6 is 11.3 Å². The first-order valence-corrected chi connectivity index (χ1v) is 8.54. The van der Waals surface area contributed by atoms with E-state index in [1.165, 1.54) is 11.3 Å². The first-order valence-electron chi connectivity index (χ1n) is 7.66. The minimum Gasteiger partial charge on any atom is -0.478 e. The van der Waals surface area contributed by atoms with Crippen LogP contribution in [0.25, 0.3) is 0 Å². The molecule has 7 heteroatoms. The summed E-state index contributed by atoms with van der Waals surface area (Å²) in [4.78, 5) is 37.5. The highest BCUT2D eigenvalue weighted by molar-refractivity contribution is 7.10. The Morgan fingerprint density at radius 1 is 1.38 bits per heavy atom. The van der Waals surface area contributed by atoms with Gasteiger partial charge in [0.25, 0.3) is 0 Å². The van der Waals surface area contributed by atoms with Crippen LogP contribution in [0.2, 0.25) is 0 Å². The van der Waals surface area contributed by atoms with Gasteiger partial charge < -0.3 is 14.4 Å². The topological polar surface area (TPSA) is 85.6 Å². The highest BCUT2D eigenvalue weighted by Crippen LogP contribution is 2.33. The van der Waals surface area contributed by atoms with E-state index in [1.807, 2.05) is 5.38 Å². The standard InChI is InChI=1S/C17H17NO5S/c1-3-23-13(19)8-11-14(17(21)22)10-4-5-12-9(6-7-24-12)16(20)15(10)18(11)2/h6-7H,3-5,8H2,1-2H3,(H,21,22). The van der Waals surface area contributed by atoms with Gasteiger partial charge in [0.15, 0.2) is 0 Å². The summed E-state index contributed by atoms with van der Waals surface area (Å²) < 4.78 is 6.48. The van der Waals surface area contributed by atoms with Crippen molar-refractivity contribution in [3.63, 3.8) is 0 Å². The lowest BCUT2D eigenvalue weighted by Gasteiger charge is -2.08. The zero-order valence-corrected chi connectivity index (χ0v) is 14.2. The van der Waals surface area contributed by atoms with E-state index in [-0.39, 0.29) is 24.4 Å². The summed E-state index contributed by atoms with van der Waals surface area (Å²) in [7, 11) is 1.63. The third kappa shape index (κ3) is 2.54. The SMILES string of the molecule is CCOC(=O)Cc1c(C(=O)O)c2c(n1C)C(=O)c1ccsc1CC2. The number of aryl methyl sites for hydroxylation is 1. The van der Waals surface area contributed by atoms with Gasteiger partial charge in [-0.1, -0.05) is 0 Å². The Labute approximate surface area is 142 Å². The summed E-state index contributed by atoms with van der Waals surface area (Å²) in [6.07, 6.45) is 0.921. The highest BCUT2D eigenvalue weighted by atomic mass is 32.1. The molecule has 2 heterocycles. The van der Waals surface area contributed by atoms with Crippen LogP contribution in [0.1, 0.15) is 49.5 Å². The van der Waals surface area contributed by atoms with Crippen molar-refractivity contribution in [3.8, 4) is 0 Å². The number of fused-ring (bicyclic) bond motifs is 2. The third-order valence-corrected chi connectivity index (χ3v) is 5.24. The number of aromatic carboxylic acids is 1. The summed E-state index contributed by atoms with van der Waals surface area (Å²) in [5.41, 5.74) is 1.88. The Hall–Kier alpha value is -2.41. The van der Waals surface area contributed by atoms with Crippen molar-refractivity contribution in [2.75, 3.05) is 6.61 Å². The molecule has 0 amide bonds. The molecule has 2 aromatic heterocycles. The number of hydrogen-bond acceptors (Lipinski definition) is 5. The molecule has 0 aromatic carbocycles. The highest BCUT2D eigenvalue weighted by Gasteiger charge is 2.33. The number of rotatable bonds is 4. The van der Waals surface area contributed by atoms with E-state index in [2.05, 4.69) is 0 Å². The van der Waals surface area contributed by atoms with Crippen molar-refractivity contribution >= 4 is 29.1 Å². The third-order valence-electron chi connectivity index (χ3n) is 4.25. The Bertz CT molecular complexity index is 846. The monoisotopic (exact) mass is 347 g/mol. The van der Waals surface area contributed by atoms with Gasteiger partial charge in [-0.2, -0.15) is 0 Å². The lowest BCUT2D eigenvalue weighted by atomic mass is 10.0. The minimum atomic E-state index is -1.12. The molecule has 24 heavy (non-hydrogen) atoms. The molecular weight excluding hydrogens is 330 g/mol. The smallest absolute Gasteiger partial charge is 0.337 e. The number of esters is 1. The van der Waals surface area contributed by atoms with Gasteiger partial charge in [0.2, 0.25) is 5.78 Å². The quantitative estimate of drug-likeness (QED) is 0.857. The van der Waals surface area contributed by atoms with E-state index in [4.69, 9.17) is 4.74 Å². The number of ether oxygens (including phenoxy) is 1. The van der Waals surface area contributed by atoms with Crippen molar-refractivity contribution in [1.82, 2.24) is 4.57 Å². The number of carbonyl (C=O) groups is 3. The van der Waals surface area contributed by atoms with Crippen LogP contribution in [0.5, 0.6) is 0 Å². The van der Waals surface area contributed by atoms with Gasteiger partial charge >= 0.3 is 11.9 Å².